The standard InChI is InChI=1S/C22H23N5O2/c28-21(25-17-13-24-26-20(17)14-5-2-1-3-6-14)16-8-7-15-11-19-22(29)23-9-4-10-27(19)18(15)12-16/h1-3,5-8,11-12,17,20,24,26H,4,9-10,13H2,(H,23,29)(H,25,28). The van der Waals surface area contributed by atoms with Crippen LogP contribution in [0.5, 0.6) is 0 Å². The van der Waals surface area contributed by atoms with Crippen LogP contribution in [0.4, 0.5) is 0 Å². The van der Waals surface area contributed by atoms with Gasteiger partial charge in [-0.3, -0.25) is 15.0 Å². The first-order valence-electron chi connectivity index (χ1n) is 9.96. The molecule has 0 bridgehead atoms. The van der Waals surface area contributed by atoms with Crippen LogP contribution >= 0.6 is 0 Å². The molecule has 0 aliphatic carbocycles. The van der Waals surface area contributed by atoms with Gasteiger partial charge in [0.1, 0.15) is 5.69 Å². The molecule has 2 aliphatic heterocycles. The Morgan fingerprint density at radius 1 is 1.10 bits per heavy atom. The first kappa shape index (κ1) is 17.9. The number of rotatable bonds is 3. The molecule has 0 saturated carbocycles. The highest BCUT2D eigenvalue weighted by molar-refractivity contribution is 6.02. The Labute approximate surface area is 168 Å². The summed E-state index contributed by atoms with van der Waals surface area (Å²) in [4.78, 5) is 25.3. The van der Waals surface area contributed by atoms with E-state index in [0.717, 1.165) is 29.4 Å². The maximum Gasteiger partial charge on any atom is 0.267 e. The highest BCUT2D eigenvalue weighted by Crippen LogP contribution is 2.24. The normalized spacial score (nSPS) is 21.4. The number of hydrazine groups is 1. The third-order valence-corrected chi connectivity index (χ3v) is 5.70. The number of fused-ring (bicyclic) bond motifs is 3. The van der Waals surface area contributed by atoms with Crippen molar-refractivity contribution < 1.29 is 9.59 Å². The second-order valence-electron chi connectivity index (χ2n) is 7.56. The van der Waals surface area contributed by atoms with Crippen LogP contribution in [0, 0.1) is 0 Å². The number of aryl methyl sites for hydroxylation is 1. The van der Waals surface area contributed by atoms with Crippen LogP contribution < -0.4 is 21.5 Å². The van der Waals surface area contributed by atoms with Gasteiger partial charge in [0, 0.05) is 36.1 Å². The van der Waals surface area contributed by atoms with Gasteiger partial charge in [-0.2, -0.15) is 0 Å². The average molecular weight is 389 g/mol. The molecule has 1 aromatic heterocycles. The van der Waals surface area contributed by atoms with E-state index in [-0.39, 0.29) is 23.9 Å². The van der Waals surface area contributed by atoms with Crippen molar-refractivity contribution in [1.29, 1.82) is 0 Å². The second kappa shape index (κ2) is 7.35. The molecule has 4 N–H and O–H groups in total. The second-order valence-corrected chi connectivity index (χ2v) is 7.56. The predicted octanol–water partition coefficient (Wildman–Crippen LogP) is 1.72. The summed E-state index contributed by atoms with van der Waals surface area (Å²) in [5.41, 5.74) is 9.69. The molecular weight excluding hydrogens is 366 g/mol. The van der Waals surface area contributed by atoms with E-state index in [1.165, 1.54) is 0 Å². The minimum absolute atomic E-state index is 0.0112. The Kier molecular flexibility index (Phi) is 4.54. The zero-order valence-corrected chi connectivity index (χ0v) is 15.9. The van der Waals surface area contributed by atoms with E-state index in [4.69, 9.17) is 0 Å². The molecule has 7 nitrogen and oxygen atoms in total. The van der Waals surface area contributed by atoms with Crippen molar-refractivity contribution in [3.05, 3.63) is 71.4 Å². The molecule has 1 fully saturated rings. The fraction of sp³-hybridized carbons (Fsp3) is 0.273. The summed E-state index contributed by atoms with van der Waals surface area (Å²) in [5, 5.41) is 7.04. The number of carbonyl (C=O) groups is 2. The molecule has 2 amide bonds. The first-order chi connectivity index (χ1) is 14.2. The number of nitrogens with zero attached hydrogens (tertiary/aromatic N) is 1. The molecule has 5 rings (SSSR count). The number of nitrogens with one attached hydrogen (secondary N) is 4. The predicted molar refractivity (Wildman–Crippen MR) is 110 cm³/mol. The Morgan fingerprint density at radius 2 is 1.97 bits per heavy atom. The molecule has 2 unspecified atom stereocenters. The lowest BCUT2D eigenvalue weighted by atomic mass is 10.0. The van der Waals surface area contributed by atoms with Crippen LogP contribution in [-0.4, -0.2) is 35.5 Å². The molecule has 148 valence electrons. The molecular formula is C22H23N5O2. The first-order valence-corrected chi connectivity index (χ1v) is 9.96. The lowest BCUT2D eigenvalue weighted by Crippen LogP contribution is -2.40. The van der Waals surface area contributed by atoms with Gasteiger partial charge in [-0.25, -0.2) is 5.43 Å². The van der Waals surface area contributed by atoms with Crippen molar-refractivity contribution in [2.45, 2.75) is 25.0 Å². The Bertz CT molecular complexity index is 1080. The summed E-state index contributed by atoms with van der Waals surface area (Å²) in [6.07, 6.45) is 0.872. The summed E-state index contributed by atoms with van der Waals surface area (Å²) in [5.74, 6) is -0.171. The third kappa shape index (κ3) is 3.28. The molecule has 3 heterocycles. The Morgan fingerprint density at radius 3 is 2.83 bits per heavy atom. The van der Waals surface area contributed by atoms with E-state index >= 15 is 0 Å². The number of aromatic nitrogens is 1. The Balaban J connectivity index is 1.41. The fourth-order valence-corrected chi connectivity index (χ4v) is 4.21. The number of amides is 2. The van der Waals surface area contributed by atoms with E-state index in [0.29, 0.717) is 24.3 Å². The summed E-state index contributed by atoms with van der Waals surface area (Å²) < 4.78 is 2.01. The number of carbonyl (C=O) groups excluding carboxylic acids is 2. The van der Waals surface area contributed by atoms with Gasteiger partial charge in [0.05, 0.1) is 12.1 Å². The van der Waals surface area contributed by atoms with Crippen molar-refractivity contribution >= 4 is 22.7 Å². The quantitative estimate of drug-likeness (QED) is 0.549. The van der Waals surface area contributed by atoms with Crippen LogP contribution in [0.3, 0.4) is 0 Å². The van der Waals surface area contributed by atoms with Gasteiger partial charge in [-0.15, -0.1) is 0 Å². The van der Waals surface area contributed by atoms with Crippen LogP contribution in [0.2, 0.25) is 0 Å². The van der Waals surface area contributed by atoms with Crippen molar-refractivity contribution in [2.75, 3.05) is 13.1 Å². The van der Waals surface area contributed by atoms with Crippen molar-refractivity contribution in [1.82, 2.24) is 26.1 Å². The van der Waals surface area contributed by atoms with Gasteiger partial charge in [-0.05, 0) is 30.2 Å². The van der Waals surface area contributed by atoms with Gasteiger partial charge < -0.3 is 15.2 Å². The zero-order valence-electron chi connectivity index (χ0n) is 15.9. The van der Waals surface area contributed by atoms with Crippen molar-refractivity contribution in [3.63, 3.8) is 0 Å². The summed E-state index contributed by atoms with van der Waals surface area (Å²) in [6, 6.07) is 17.6. The minimum atomic E-state index is -0.114. The highest BCUT2D eigenvalue weighted by Gasteiger charge is 2.29. The summed E-state index contributed by atoms with van der Waals surface area (Å²) in [7, 11) is 0. The zero-order chi connectivity index (χ0) is 19.8. The van der Waals surface area contributed by atoms with Gasteiger partial charge in [0.2, 0.25) is 0 Å². The topological polar surface area (TPSA) is 87.2 Å². The molecule has 2 aliphatic rings. The maximum atomic E-state index is 13.0. The van der Waals surface area contributed by atoms with Crippen LogP contribution in [0.15, 0.2) is 54.6 Å². The third-order valence-electron chi connectivity index (χ3n) is 5.70. The maximum absolute atomic E-state index is 13.0. The van der Waals surface area contributed by atoms with E-state index in [9.17, 15) is 9.59 Å². The van der Waals surface area contributed by atoms with Gasteiger partial charge in [0.15, 0.2) is 0 Å². The lowest BCUT2D eigenvalue weighted by Gasteiger charge is -2.20. The van der Waals surface area contributed by atoms with Crippen LogP contribution in [0.1, 0.15) is 38.9 Å². The molecule has 1 saturated heterocycles. The fourth-order valence-electron chi connectivity index (χ4n) is 4.21. The van der Waals surface area contributed by atoms with Crippen molar-refractivity contribution in [3.8, 4) is 0 Å². The van der Waals surface area contributed by atoms with Gasteiger partial charge in [-0.1, -0.05) is 36.4 Å². The summed E-state index contributed by atoms with van der Waals surface area (Å²) >= 11 is 0. The average Bonchev–Trinajstić information content (AvgIpc) is 3.31. The minimum Gasteiger partial charge on any atom is -0.351 e. The monoisotopic (exact) mass is 389 g/mol. The molecule has 0 radical (unpaired) electrons. The number of benzene rings is 2. The van der Waals surface area contributed by atoms with Crippen molar-refractivity contribution in [2.24, 2.45) is 0 Å². The molecule has 29 heavy (non-hydrogen) atoms. The van der Waals surface area contributed by atoms with Crippen LogP contribution in [-0.2, 0) is 6.54 Å². The highest BCUT2D eigenvalue weighted by atomic mass is 16.2. The number of hydrogen-bond acceptors (Lipinski definition) is 4. The smallest absolute Gasteiger partial charge is 0.267 e. The van der Waals surface area contributed by atoms with E-state index in [1.807, 2.05) is 47.0 Å². The molecule has 2 aromatic carbocycles. The lowest BCUT2D eigenvalue weighted by molar-refractivity contribution is 0.0933. The van der Waals surface area contributed by atoms with E-state index in [1.54, 1.807) is 0 Å². The van der Waals surface area contributed by atoms with E-state index < -0.39 is 0 Å². The van der Waals surface area contributed by atoms with Gasteiger partial charge in [0.25, 0.3) is 11.8 Å². The SMILES string of the molecule is O=C(NC1CNNC1c1ccccc1)c1ccc2cc3n(c2c1)CCCNC3=O. The molecule has 2 atom stereocenters. The van der Waals surface area contributed by atoms with E-state index in [2.05, 4.69) is 33.6 Å². The Hall–Kier alpha value is -3.16. The summed E-state index contributed by atoms with van der Waals surface area (Å²) in [6.45, 7) is 2.08. The number of hydrogen-bond donors (Lipinski definition) is 4. The molecule has 0 spiro atoms. The van der Waals surface area contributed by atoms with Crippen LogP contribution in [0.25, 0.3) is 10.9 Å². The van der Waals surface area contributed by atoms with Gasteiger partial charge >= 0.3 is 0 Å². The largest absolute Gasteiger partial charge is 0.351 e. The molecule has 3 aromatic rings. The molecule has 7 heteroatoms.